The van der Waals surface area contributed by atoms with Crippen LogP contribution in [0.2, 0.25) is 0 Å². The standard InChI is InChI=1S/C12H17N3O2S/c1-15-9-10(8-14-6-7-18(13,16)17)11-4-2-3-5-12(11)15/h2-5,9,14H,6-8H2,1H3,(H2,13,16,17). The van der Waals surface area contributed by atoms with E-state index in [-0.39, 0.29) is 5.75 Å². The number of benzene rings is 1. The van der Waals surface area contributed by atoms with Gasteiger partial charge in [0.2, 0.25) is 10.0 Å². The van der Waals surface area contributed by atoms with Crippen LogP contribution in [0.5, 0.6) is 0 Å². The molecule has 0 saturated carbocycles. The van der Waals surface area contributed by atoms with Crippen LogP contribution in [-0.2, 0) is 23.6 Å². The van der Waals surface area contributed by atoms with E-state index >= 15 is 0 Å². The number of primary sulfonamides is 1. The summed E-state index contributed by atoms with van der Waals surface area (Å²) in [4.78, 5) is 0. The van der Waals surface area contributed by atoms with Crippen molar-refractivity contribution in [3.05, 3.63) is 36.0 Å². The summed E-state index contributed by atoms with van der Waals surface area (Å²) in [6.45, 7) is 0.999. The van der Waals surface area contributed by atoms with Crippen molar-refractivity contribution >= 4 is 20.9 Å². The number of hydrogen-bond acceptors (Lipinski definition) is 3. The first-order chi connectivity index (χ1) is 8.47. The maximum Gasteiger partial charge on any atom is 0.210 e. The summed E-state index contributed by atoms with van der Waals surface area (Å²) in [6.07, 6.45) is 2.05. The molecule has 0 aliphatic rings. The van der Waals surface area contributed by atoms with Gasteiger partial charge in [0, 0.05) is 37.2 Å². The third kappa shape index (κ3) is 3.10. The normalized spacial score (nSPS) is 12.1. The molecule has 0 spiro atoms. The fraction of sp³-hybridized carbons (Fsp3) is 0.333. The highest BCUT2D eigenvalue weighted by Crippen LogP contribution is 2.19. The lowest BCUT2D eigenvalue weighted by Gasteiger charge is -2.02. The van der Waals surface area contributed by atoms with Crippen molar-refractivity contribution in [1.82, 2.24) is 9.88 Å². The van der Waals surface area contributed by atoms with Crippen molar-refractivity contribution < 1.29 is 8.42 Å². The minimum absolute atomic E-state index is 0.0439. The topological polar surface area (TPSA) is 77.1 Å². The Hall–Kier alpha value is -1.37. The van der Waals surface area contributed by atoms with Gasteiger partial charge < -0.3 is 9.88 Å². The van der Waals surface area contributed by atoms with Gasteiger partial charge in [0.1, 0.15) is 0 Å². The number of nitrogens with two attached hydrogens (primary N) is 1. The number of hydrogen-bond donors (Lipinski definition) is 2. The van der Waals surface area contributed by atoms with E-state index in [4.69, 9.17) is 5.14 Å². The van der Waals surface area contributed by atoms with E-state index in [2.05, 4.69) is 28.2 Å². The van der Waals surface area contributed by atoms with Gasteiger partial charge in [-0.2, -0.15) is 0 Å². The Kier molecular flexibility index (Phi) is 3.70. The molecule has 5 nitrogen and oxygen atoms in total. The lowest BCUT2D eigenvalue weighted by atomic mass is 10.2. The molecule has 0 fully saturated rings. The van der Waals surface area contributed by atoms with Crippen molar-refractivity contribution in [2.45, 2.75) is 6.54 Å². The number of rotatable bonds is 5. The predicted octanol–water partition coefficient (Wildman–Crippen LogP) is 0.556. The fourth-order valence-corrected chi connectivity index (χ4v) is 2.43. The largest absolute Gasteiger partial charge is 0.350 e. The minimum atomic E-state index is -3.38. The molecule has 2 aromatic rings. The molecule has 0 amide bonds. The van der Waals surface area contributed by atoms with Gasteiger partial charge in [-0.25, -0.2) is 13.6 Å². The number of para-hydroxylation sites is 1. The van der Waals surface area contributed by atoms with Crippen LogP contribution in [-0.4, -0.2) is 25.3 Å². The van der Waals surface area contributed by atoms with Crippen molar-refractivity contribution in [2.75, 3.05) is 12.3 Å². The lowest BCUT2D eigenvalue weighted by Crippen LogP contribution is -2.26. The van der Waals surface area contributed by atoms with Gasteiger partial charge in [-0.3, -0.25) is 0 Å². The molecule has 1 aromatic heterocycles. The molecule has 0 unspecified atom stereocenters. The molecule has 0 aliphatic carbocycles. The Morgan fingerprint density at radius 3 is 2.78 bits per heavy atom. The molecule has 3 N–H and O–H groups in total. The van der Waals surface area contributed by atoms with Gasteiger partial charge in [0.05, 0.1) is 5.75 Å². The van der Waals surface area contributed by atoms with Crippen molar-refractivity contribution in [3.8, 4) is 0 Å². The first-order valence-corrected chi connectivity index (χ1v) is 7.43. The van der Waals surface area contributed by atoms with Crippen LogP contribution in [0.3, 0.4) is 0 Å². The van der Waals surface area contributed by atoms with Gasteiger partial charge in [-0.1, -0.05) is 18.2 Å². The van der Waals surface area contributed by atoms with Crippen LogP contribution in [0.25, 0.3) is 10.9 Å². The van der Waals surface area contributed by atoms with E-state index in [0.717, 1.165) is 5.56 Å². The van der Waals surface area contributed by atoms with Crippen LogP contribution in [0.15, 0.2) is 30.5 Å². The Morgan fingerprint density at radius 1 is 1.33 bits per heavy atom. The van der Waals surface area contributed by atoms with Crippen LogP contribution in [0.1, 0.15) is 5.56 Å². The third-order valence-electron chi connectivity index (χ3n) is 2.86. The summed E-state index contributed by atoms with van der Waals surface area (Å²) < 4.78 is 23.6. The van der Waals surface area contributed by atoms with Gasteiger partial charge in [0.25, 0.3) is 0 Å². The molecular weight excluding hydrogens is 250 g/mol. The highest BCUT2D eigenvalue weighted by molar-refractivity contribution is 7.89. The maximum atomic E-state index is 10.8. The van der Waals surface area contributed by atoms with Crippen LogP contribution >= 0.6 is 0 Å². The van der Waals surface area contributed by atoms with Crippen molar-refractivity contribution in [3.63, 3.8) is 0 Å². The zero-order chi connectivity index (χ0) is 13.2. The summed E-state index contributed by atoms with van der Waals surface area (Å²) in [7, 11) is -1.39. The minimum Gasteiger partial charge on any atom is -0.350 e. The summed E-state index contributed by atoms with van der Waals surface area (Å²) in [5.74, 6) is -0.0439. The highest BCUT2D eigenvalue weighted by Gasteiger charge is 2.06. The smallest absolute Gasteiger partial charge is 0.210 e. The van der Waals surface area contributed by atoms with Crippen LogP contribution in [0.4, 0.5) is 0 Å². The zero-order valence-electron chi connectivity index (χ0n) is 10.3. The Balaban J connectivity index is 2.04. The molecule has 0 saturated heterocycles. The average molecular weight is 267 g/mol. The number of nitrogens with one attached hydrogen (secondary N) is 1. The third-order valence-corrected chi connectivity index (χ3v) is 3.63. The van der Waals surface area contributed by atoms with Crippen LogP contribution in [0, 0.1) is 0 Å². The maximum absolute atomic E-state index is 10.8. The number of aryl methyl sites for hydroxylation is 1. The van der Waals surface area contributed by atoms with E-state index in [1.807, 2.05) is 19.2 Å². The van der Waals surface area contributed by atoms with E-state index < -0.39 is 10.0 Å². The SMILES string of the molecule is Cn1cc(CNCCS(N)(=O)=O)c2ccccc21. The molecule has 18 heavy (non-hydrogen) atoms. The first-order valence-electron chi connectivity index (χ1n) is 5.71. The van der Waals surface area contributed by atoms with Gasteiger partial charge >= 0.3 is 0 Å². The molecule has 1 aromatic carbocycles. The number of aromatic nitrogens is 1. The quantitative estimate of drug-likeness (QED) is 0.777. The second-order valence-corrected chi connectivity index (χ2v) is 6.06. The Morgan fingerprint density at radius 2 is 2.06 bits per heavy atom. The highest BCUT2D eigenvalue weighted by atomic mass is 32.2. The second kappa shape index (κ2) is 5.09. The van der Waals surface area contributed by atoms with Gasteiger partial charge in [-0.05, 0) is 11.6 Å². The van der Waals surface area contributed by atoms with E-state index in [1.165, 1.54) is 10.9 Å². The Labute approximate surface area is 107 Å². The zero-order valence-corrected chi connectivity index (χ0v) is 11.1. The predicted molar refractivity (Wildman–Crippen MR) is 72.6 cm³/mol. The second-order valence-electron chi connectivity index (χ2n) is 4.33. The summed E-state index contributed by atoms with van der Waals surface area (Å²) in [5.41, 5.74) is 2.32. The fourth-order valence-electron chi connectivity index (χ4n) is 2.00. The Bertz CT molecular complexity index is 646. The number of nitrogens with zero attached hydrogens (tertiary/aromatic N) is 1. The van der Waals surface area contributed by atoms with E-state index in [0.29, 0.717) is 13.1 Å². The van der Waals surface area contributed by atoms with Crippen molar-refractivity contribution in [2.24, 2.45) is 12.2 Å². The molecule has 1 heterocycles. The molecule has 0 aliphatic heterocycles. The molecule has 0 bridgehead atoms. The average Bonchev–Trinajstić information content (AvgIpc) is 2.62. The first kappa shape index (κ1) is 13.1. The van der Waals surface area contributed by atoms with Crippen molar-refractivity contribution in [1.29, 1.82) is 0 Å². The molecular formula is C12H17N3O2S. The monoisotopic (exact) mass is 267 g/mol. The van der Waals surface area contributed by atoms with Gasteiger partial charge in [-0.15, -0.1) is 0 Å². The molecule has 0 atom stereocenters. The van der Waals surface area contributed by atoms with Crippen LogP contribution < -0.4 is 10.5 Å². The van der Waals surface area contributed by atoms with Gasteiger partial charge in [0.15, 0.2) is 0 Å². The molecule has 0 radical (unpaired) electrons. The molecule has 6 heteroatoms. The lowest BCUT2D eigenvalue weighted by molar-refractivity contribution is 0.592. The summed E-state index contributed by atoms with van der Waals surface area (Å²) in [6, 6.07) is 8.12. The molecule has 98 valence electrons. The summed E-state index contributed by atoms with van der Waals surface area (Å²) >= 11 is 0. The van der Waals surface area contributed by atoms with E-state index in [1.54, 1.807) is 0 Å². The number of sulfonamides is 1. The molecule has 2 rings (SSSR count). The number of fused-ring (bicyclic) bond motifs is 1. The summed E-state index contributed by atoms with van der Waals surface area (Å²) in [5, 5.41) is 9.21. The van der Waals surface area contributed by atoms with E-state index in [9.17, 15) is 8.42 Å².